The quantitative estimate of drug-likeness (QED) is 0.573. The molecule has 0 fully saturated rings. The van der Waals surface area contributed by atoms with Gasteiger partial charge in [-0.2, -0.15) is 0 Å². The van der Waals surface area contributed by atoms with E-state index in [1.807, 2.05) is 53.9 Å². The van der Waals surface area contributed by atoms with Gasteiger partial charge < -0.3 is 10.3 Å². The molecule has 6 nitrogen and oxygen atoms in total. The summed E-state index contributed by atoms with van der Waals surface area (Å²) in [5, 5.41) is 6.49. The lowest BCUT2D eigenvalue weighted by molar-refractivity contribution is 0.102. The third-order valence-electron chi connectivity index (χ3n) is 4.24. The van der Waals surface area contributed by atoms with E-state index >= 15 is 0 Å². The van der Waals surface area contributed by atoms with Crippen LogP contribution in [-0.2, 0) is 6.54 Å². The maximum atomic E-state index is 12.7. The van der Waals surface area contributed by atoms with Gasteiger partial charge in [0.2, 0.25) is 0 Å². The van der Waals surface area contributed by atoms with Crippen molar-refractivity contribution in [1.29, 1.82) is 0 Å². The molecule has 0 aliphatic rings. The highest BCUT2D eigenvalue weighted by Gasteiger charge is 2.16. The second-order valence-corrected chi connectivity index (χ2v) is 6.99. The molecule has 4 rings (SSSR count). The molecular weight excluding hydrogens is 362 g/mol. The van der Waals surface area contributed by atoms with E-state index in [0.29, 0.717) is 5.69 Å². The average molecular weight is 377 g/mol. The van der Waals surface area contributed by atoms with E-state index in [9.17, 15) is 14.4 Å². The van der Waals surface area contributed by atoms with E-state index in [4.69, 9.17) is 0 Å². The van der Waals surface area contributed by atoms with Crippen molar-refractivity contribution in [3.63, 3.8) is 0 Å². The Labute approximate surface area is 157 Å². The summed E-state index contributed by atoms with van der Waals surface area (Å²) in [5.74, 6) is -0.562. The van der Waals surface area contributed by atoms with Crippen LogP contribution in [0.4, 0.5) is 5.69 Å². The van der Waals surface area contributed by atoms with Crippen molar-refractivity contribution in [3.8, 4) is 0 Å². The first kappa shape index (κ1) is 17.0. The first-order valence-corrected chi connectivity index (χ1v) is 9.15. The number of rotatable bonds is 4. The van der Waals surface area contributed by atoms with Gasteiger partial charge in [0.25, 0.3) is 11.5 Å². The molecule has 0 spiro atoms. The number of anilines is 1. The molecule has 0 aliphatic carbocycles. The smallest absolute Gasteiger partial charge is 0.321 e. The lowest BCUT2D eigenvalue weighted by Crippen LogP contribution is -2.39. The molecule has 0 bridgehead atoms. The summed E-state index contributed by atoms with van der Waals surface area (Å²) in [5.41, 5.74) is -0.674. The molecule has 0 saturated carbocycles. The molecule has 2 N–H and O–H groups in total. The minimum absolute atomic E-state index is 0.112. The molecule has 1 amide bonds. The lowest BCUT2D eigenvalue weighted by atomic mass is 10.1. The molecule has 2 aromatic carbocycles. The summed E-state index contributed by atoms with van der Waals surface area (Å²) in [7, 11) is 0. The van der Waals surface area contributed by atoms with Gasteiger partial charge in [-0.1, -0.05) is 42.5 Å². The second-order valence-electron chi connectivity index (χ2n) is 5.96. The Hall–Kier alpha value is -3.45. The Kier molecular flexibility index (Phi) is 4.43. The van der Waals surface area contributed by atoms with E-state index in [2.05, 4.69) is 10.3 Å². The molecule has 27 heavy (non-hydrogen) atoms. The van der Waals surface area contributed by atoms with Crippen molar-refractivity contribution >= 4 is 33.7 Å². The Morgan fingerprint density at radius 3 is 2.67 bits per heavy atom. The van der Waals surface area contributed by atoms with E-state index in [1.165, 1.54) is 11.3 Å². The first-order chi connectivity index (χ1) is 13.1. The van der Waals surface area contributed by atoms with Crippen LogP contribution < -0.4 is 16.6 Å². The molecule has 0 radical (unpaired) electrons. The van der Waals surface area contributed by atoms with Crippen LogP contribution in [0, 0.1) is 0 Å². The van der Waals surface area contributed by atoms with Crippen molar-refractivity contribution in [3.05, 3.63) is 97.5 Å². The number of fused-ring (bicyclic) bond motifs is 1. The van der Waals surface area contributed by atoms with E-state index in [-0.39, 0.29) is 12.1 Å². The fourth-order valence-corrected chi connectivity index (χ4v) is 3.59. The number of hydrogen-bond acceptors (Lipinski definition) is 4. The van der Waals surface area contributed by atoms with Crippen molar-refractivity contribution in [2.75, 3.05) is 5.32 Å². The molecule has 2 heterocycles. The summed E-state index contributed by atoms with van der Waals surface area (Å²) >= 11 is 1.44. The molecule has 134 valence electrons. The average Bonchev–Trinajstić information content (AvgIpc) is 3.18. The number of nitrogens with zero attached hydrogens (tertiary/aromatic N) is 1. The van der Waals surface area contributed by atoms with Gasteiger partial charge in [-0.25, -0.2) is 4.79 Å². The summed E-state index contributed by atoms with van der Waals surface area (Å²) in [6.45, 7) is 0.126. The Morgan fingerprint density at radius 1 is 1.04 bits per heavy atom. The van der Waals surface area contributed by atoms with E-state index < -0.39 is 17.2 Å². The highest BCUT2D eigenvalue weighted by atomic mass is 32.1. The summed E-state index contributed by atoms with van der Waals surface area (Å²) in [6.07, 6.45) is 1.16. The summed E-state index contributed by atoms with van der Waals surface area (Å²) < 4.78 is 1.03. The maximum Gasteiger partial charge on any atom is 0.328 e. The van der Waals surface area contributed by atoms with Crippen molar-refractivity contribution in [1.82, 2.24) is 9.55 Å². The molecular formula is C20H15N3O3S. The van der Waals surface area contributed by atoms with Crippen LogP contribution in [0.15, 0.2) is 75.8 Å². The minimum atomic E-state index is -0.620. The molecule has 4 aromatic rings. The number of H-pyrrole nitrogens is 1. The topological polar surface area (TPSA) is 84.0 Å². The Balaban J connectivity index is 1.70. The van der Waals surface area contributed by atoms with Gasteiger partial charge >= 0.3 is 5.69 Å². The number of amides is 1. The monoisotopic (exact) mass is 377 g/mol. The standard InChI is InChI=1S/C20H15N3O3S/c24-18(22-17-9-3-6-13-5-1-2-8-15(13)17)16-11-21-20(26)23(19(16)25)12-14-7-4-10-27-14/h1-11H,12H2,(H,21,26)(H,22,24). The van der Waals surface area contributed by atoms with Crippen LogP contribution in [0.2, 0.25) is 0 Å². The zero-order chi connectivity index (χ0) is 18.8. The second kappa shape index (κ2) is 7.05. The number of nitrogens with one attached hydrogen (secondary N) is 2. The molecule has 0 saturated heterocycles. The van der Waals surface area contributed by atoms with Crippen molar-refractivity contribution < 1.29 is 4.79 Å². The van der Waals surface area contributed by atoms with Gasteiger partial charge in [0.15, 0.2) is 0 Å². The minimum Gasteiger partial charge on any atom is -0.321 e. The maximum absolute atomic E-state index is 12.7. The molecule has 7 heteroatoms. The highest BCUT2D eigenvalue weighted by Crippen LogP contribution is 2.23. The third kappa shape index (κ3) is 3.32. The number of aromatic nitrogens is 2. The van der Waals surface area contributed by atoms with Crippen LogP contribution in [0.25, 0.3) is 10.8 Å². The number of aromatic amines is 1. The summed E-state index contributed by atoms with van der Waals surface area (Å²) in [6, 6.07) is 16.9. The zero-order valence-corrected chi connectivity index (χ0v) is 15.0. The fraction of sp³-hybridized carbons (Fsp3) is 0.0500. The van der Waals surface area contributed by atoms with Crippen LogP contribution in [0.5, 0.6) is 0 Å². The number of carbonyl (C=O) groups is 1. The molecule has 0 unspecified atom stereocenters. The molecule has 0 atom stereocenters. The van der Waals surface area contributed by atoms with Gasteiger partial charge in [-0.05, 0) is 22.9 Å². The number of carbonyl (C=O) groups excluding carboxylic acids is 1. The molecule has 2 aromatic heterocycles. The normalized spacial score (nSPS) is 10.8. The fourth-order valence-electron chi connectivity index (χ4n) is 2.90. The van der Waals surface area contributed by atoms with Gasteiger partial charge in [0.1, 0.15) is 5.56 Å². The predicted molar refractivity (Wildman–Crippen MR) is 107 cm³/mol. The third-order valence-corrected chi connectivity index (χ3v) is 5.10. The number of hydrogen-bond donors (Lipinski definition) is 2. The molecule has 0 aliphatic heterocycles. The van der Waals surface area contributed by atoms with Crippen LogP contribution in [-0.4, -0.2) is 15.5 Å². The van der Waals surface area contributed by atoms with Crippen LogP contribution in [0.1, 0.15) is 15.2 Å². The predicted octanol–water partition coefficient (Wildman–Crippen LogP) is 3.05. The van der Waals surface area contributed by atoms with Gasteiger partial charge in [0.05, 0.1) is 6.54 Å². The lowest BCUT2D eigenvalue weighted by Gasteiger charge is -2.09. The SMILES string of the molecule is O=C(Nc1cccc2ccccc12)c1c[nH]c(=O)n(Cc2cccs2)c1=O. The van der Waals surface area contributed by atoms with Crippen molar-refractivity contribution in [2.45, 2.75) is 6.54 Å². The number of thiophene rings is 1. The van der Waals surface area contributed by atoms with E-state index in [0.717, 1.165) is 26.4 Å². The van der Waals surface area contributed by atoms with E-state index in [1.54, 1.807) is 6.07 Å². The van der Waals surface area contributed by atoms with Crippen molar-refractivity contribution in [2.24, 2.45) is 0 Å². The summed E-state index contributed by atoms with van der Waals surface area (Å²) in [4.78, 5) is 40.8. The largest absolute Gasteiger partial charge is 0.328 e. The Morgan fingerprint density at radius 2 is 1.85 bits per heavy atom. The Bertz CT molecular complexity index is 1230. The van der Waals surface area contributed by atoms with Gasteiger partial charge in [-0.15, -0.1) is 11.3 Å². The van der Waals surface area contributed by atoms with Crippen LogP contribution >= 0.6 is 11.3 Å². The first-order valence-electron chi connectivity index (χ1n) is 8.27. The zero-order valence-electron chi connectivity index (χ0n) is 14.1. The van der Waals surface area contributed by atoms with Gasteiger partial charge in [-0.3, -0.25) is 14.2 Å². The highest BCUT2D eigenvalue weighted by molar-refractivity contribution is 7.09. The van der Waals surface area contributed by atoms with Gasteiger partial charge in [0, 0.05) is 22.1 Å². The number of benzene rings is 2. The van der Waals surface area contributed by atoms with Crippen LogP contribution in [0.3, 0.4) is 0 Å².